The number of hydrogen-bond donors (Lipinski definition) is 2. The zero-order valence-corrected chi connectivity index (χ0v) is 5.41. The number of carboxylic acids is 1. The summed E-state index contributed by atoms with van der Waals surface area (Å²) in [6, 6.07) is -0.979. The minimum Gasteiger partial charge on any atom is -0.480 e. The van der Waals surface area contributed by atoms with Crippen molar-refractivity contribution in [1.29, 1.82) is 0 Å². The Hall–Kier alpha value is -0.835. The number of nitrogens with two attached hydrogens (primary N) is 1. The summed E-state index contributed by atoms with van der Waals surface area (Å²) in [5, 5.41) is 8.22. The van der Waals surface area contributed by atoms with Crippen LogP contribution in [0.3, 0.4) is 0 Å². The Bertz CT molecular complexity index is 148. The highest BCUT2D eigenvalue weighted by atomic mass is 16.4. The van der Waals surface area contributed by atoms with Crippen molar-refractivity contribution in [3.63, 3.8) is 0 Å². The minimum atomic E-state index is -1.11. The third-order valence-corrected chi connectivity index (χ3v) is 1.02. The fraction of sp³-hybridized carbons (Fsp3) is 0.600. The number of aliphatic carboxylic acids is 1. The van der Waals surface area contributed by atoms with Crippen molar-refractivity contribution in [1.82, 2.24) is 0 Å². The maximum absolute atomic E-state index is 10.1. The van der Waals surface area contributed by atoms with Gasteiger partial charge in [-0.1, -0.05) is 0 Å². The summed E-state index contributed by atoms with van der Waals surface area (Å²) in [6.45, 7) is 0. The molecule has 0 saturated heterocycles. The number of carboxylic acid groups (broad SMARTS) is 1. The molecule has 0 aromatic rings. The van der Waals surface area contributed by atoms with E-state index >= 15 is 0 Å². The second-order valence-electron chi connectivity index (χ2n) is 1.95. The van der Waals surface area contributed by atoms with Crippen LogP contribution in [0.25, 0.3) is 0 Å². The van der Waals surface area contributed by atoms with E-state index in [-0.39, 0.29) is 12.8 Å². The van der Waals surface area contributed by atoms with Crippen LogP contribution in [0.15, 0.2) is 0 Å². The lowest BCUT2D eigenvalue weighted by molar-refractivity contribution is -0.138. The van der Waals surface area contributed by atoms with Crippen LogP contribution in [0.1, 0.15) is 12.8 Å². The molecule has 0 aliphatic rings. The Labute approximate surface area is 59.8 Å². The van der Waals surface area contributed by atoms with Crippen molar-refractivity contribution in [3.05, 3.63) is 0 Å². The number of hydrogen-bond acceptors (Lipinski definition) is 3. The van der Waals surface area contributed by atoms with E-state index in [0.29, 0.717) is 0 Å². The quantitative estimate of drug-likeness (QED) is 0.485. The van der Waals surface area contributed by atoms with Gasteiger partial charge < -0.3 is 15.6 Å². The average molecular weight is 141 g/mol. The highest BCUT2D eigenvalue weighted by molar-refractivity contribution is 6.57. The molecule has 0 amide bonds. The largest absolute Gasteiger partial charge is 0.480 e. The van der Waals surface area contributed by atoms with Crippen LogP contribution >= 0.6 is 0 Å². The third kappa shape index (κ3) is 4.08. The summed E-state index contributed by atoms with van der Waals surface area (Å²) in [5.41, 5.74) is 4.53. The normalized spacial score (nSPS) is 12.5. The first-order valence-corrected chi connectivity index (χ1v) is 2.80. The van der Waals surface area contributed by atoms with Gasteiger partial charge in [0.15, 0.2) is 7.85 Å². The molecule has 1 unspecified atom stereocenters. The second-order valence-corrected chi connectivity index (χ2v) is 1.95. The molecular weight excluding hydrogens is 133 g/mol. The van der Waals surface area contributed by atoms with Crippen LogP contribution in [0, 0.1) is 0 Å². The first kappa shape index (κ1) is 9.16. The van der Waals surface area contributed by atoms with E-state index in [1.807, 2.05) is 0 Å². The Morgan fingerprint density at radius 3 is 2.40 bits per heavy atom. The maximum Gasteiger partial charge on any atom is 0.320 e. The van der Waals surface area contributed by atoms with E-state index < -0.39 is 17.7 Å². The van der Waals surface area contributed by atoms with Gasteiger partial charge in [0.1, 0.15) is 6.04 Å². The number of carbonyl (C=O) groups excluding carboxylic acids is 1. The molecule has 0 saturated carbocycles. The molecule has 0 bridgehead atoms. The smallest absolute Gasteiger partial charge is 0.320 e. The highest BCUT2D eigenvalue weighted by Crippen LogP contribution is 1.93. The van der Waals surface area contributed by atoms with Gasteiger partial charge in [0.25, 0.3) is 0 Å². The van der Waals surface area contributed by atoms with Gasteiger partial charge in [0.2, 0.25) is 0 Å². The van der Waals surface area contributed by atoms with Crippen LogP contribution in [0.2, 0.25) is 0 Å². The molecule has 0 aromatic heterocycles. The van der Waals surface area contributed by atoms with Gasteiger partial charge in [-0.2, -0.15) is 0 Å². The molecule has 1 atom stereocenters. The van der Waals surface area contributed by atoms with Gasteiger partial charge >= 0.3 is 5.97 Å². The number of carbonyl (C=O) groups is 2. The van der Waals surface area contributed by atoms with Crippen LogP contribution in [0.5, 0.6) is 0 Å². The molecule has 0 aliphatic heterocycles. The summed E-state index contributed by atoms with van der Waals surface area (Å²) in [6.07, 6.45) is 0.123. The van der Waals surface area contributed by atoms with Crippen molar-refractivity contribution >= 4 is 19.5 Å². The zero-order valence-electron chi connectivity index (χ0n) is 5.41. The fourth-order valence-electron chi connectivity index (χ4n) is 0.421. The maximum atomic E-state index is 10.1. The molecular formula is C5H8BNO3. The van der Waals surface area contributed by atoms with Crippen LogP contribution in [-0.2, 0) is 9.59 Å². The summed E-state index contributed by atoms with van der Waals surface area (Å²) >= 11 is 0. The molecule has 0 aliphatic carbocycles. The standard InChI is InChI=1S/C5H8BNO3/c6-4(8)2-1-3(7)5(9)10/h3H,1-2,7H2,(H,9,10). The second kappa shape index (κ2) is 4.06. The number of rotatable bonds is 4. The molecule has 10 heavy (non-hydrogen) atoms. The van der Waals surface area contributed by atoms with E-state index in [2.05, 4.69) is 0 Å². The fourth-order valence-corrected chi connectivity index (χ4v) is 0.421. The van der Waals surface area contributed by atoms with Gasteiger partial charge in [-0.15, -0.1) is 0 Å². The predicted molar refractivity (Wildman–Crippen MR) is 35.6 cm³/mol. The van der Waals surface area contributed by atoms with E-state index in [9.17, 15) is 9.59 Å². The van der Waals surface area contributed by atoms with Crippen molar-refractivity contribution in [3.8, 4) is 0 Å². The van der Waals surface area contributed by atoms with E-state index in [1.54, 1.807) is 0 Å². The average Bonchev–Trinajstić information content (AvgIpc) is 1.82. The van der Waals surface area contributed by atoms with Crippen LogP contribution in [-0.4, -0.2) is 30.6 Å². The lowest BCUT2D eigenvalue weighted by Gasteiger charge is -2.02. The summed E-state index contributed by atoms with van der Waals surface area (Å²) in [7, 11) is 4.75. The van der Waals surface area contributed by atoms with E-state index in [1.165, 1.54) is 0 Å². The first-order chi connectivity index (χ1) is 4.54. The highest BCUT2D eigenvalue weighted by Gasteiger charge is 2.10. The summed E-state index contributed by atoms with van der Waals surface area (Å²) < 4.78 is 0. The van der Waals surface area contributed by atoms with Crippen molar-refractivity contribution in [2.75, 3.05) is 0 Å². The topological polar surface area (TPSA) is 80.4 Å². The van der Waals surface area contributed by atoms with Gasteiger partial charge in [-0.3, -0.25) is 4.79 Å². The lowest BCUT2D eigenvalue weighted by Crippen LogP contribution is -2.30. The van der Waals surface area contributed by atoms with E-state index in [4.69, 9.17) is 18.7 Å². The molecule has 0 spiro atoms. The molecule has 5 heteroatoms. The minimum absolute atomic E-state index is 0.0213. The molecule has 2 radical (unpaired) electrons. The van der Waals surface area contributed by atoms with Crippen molar-refractivity contribution in [2.24, 2.45) is 5.73 Å². The predicted octanol–water partition coefficient (Wildman–Crippen LogP) is -1.13. The Morgan fingerprint density at radius 1 is 1.60 bits per heavy atom. The van der Waals surface area contributed by atoms with Crippen molar-refractivity contribution in [2.45, 2.75) is 18.9 Å². The molecule has 54 valence electrons. The molecule has 0 heterocycles. The van der Waals surface area contributed by atoms with Gasteiger partial charge in [-0.05, 0) is 12.8 Å². The molecule has 0 rings (SSSR count). The lowest BCUT2D eigenvalue weighted by atomic mass is 9.96. The molecule has 4 nitrogen and oxygen atoms in total. The van der Waals surface area contributed by atoms with Crippen LogP contribution in [0.4, 0.5) is 0 Å². The molecule has 0 aromatic carbocycles. The Morgan fingerprint density at radius 2 is 2.10 bits per heavy atom. The van der Waals surface area contributed by atoms with E-state index in [0.717, 1.165) is 0 Å². The van der Waals surface area contributed by atoms with Gasteiger partial charge in [-0.25, -0.2) is 0 Å². The van der Waals surface area contributed by atoms with Crippen LogP contribution < -0.4 is 5.73 Å². The monoisotopic (exact) mass is 141 g/mol. The molecule has 0 fully saturated rings. The van der Waals surface area contributed by atoms with Crippen molar-refractivity contribution < 1.29 is 14.7 Å². The SMILES string of the molecule is [B]C(=O)CCC(N)C(=O)O. The first-order valence-electron chi connectivity index (χ1n) is 2.80. The summed E-state index contributed by atoms with van der Waals surface area (Å²) in [5.74, 6) is -1.11. The summed E-state index contributed by atoms with van der Waals surface area (Å²) in [4.78, 5) is 20.1. The zero-order chi connectivity index (χ0) is 8.15. The molecule has 3 N–H and O–H groups in total. The van der Waals surface area contributed by atoms with Gasteiger partial charge in [0, 0.05) is 0 Å². The Balaban J connectivity index is 3.49. The third-order valence-electron chi connectivity index (χ3n) is 1.02. The van der Waals surface area contributed by atoms with Gasteiger partial charge in [0.05, 0.1) is 5.68 Å². The Kier molecular flexibility index (Phi) is 3.72.